The smallest absolute Gasteiger partial charge is 0.335 e. The molecule has 6 heteroatoms. The molecule has 0 aliphatic carbocycles. The maximum absolute atomic E-state index is 11.8. The molecule has 6 nitrogen and oxygen atoms in total. The third-order valence-electron chi connectivity index (χ3n) is 4.72. The highest BCUT2D eigenvalue weighted by Crippen LogP contribution is 2.52. The van der Waals surface area contributed by atoms with Gasteiger partial charge in [0.1, 0.15) is 23.9 Å². The van der Waals surface area contributed by atoms with Crippen molar-refractivity contribution in [3.05, 3.63) is 53.6 Å². The molecule has 1 saturated heterocycles. The molecule has 2 aromatic carbocycles. The molecule has 26 heavy (non-hydrogen) atoms. The van der Waals surface area contributed by atoms with Crippen molar-refractivity contribution in [3.8, 4) is 17.2 Å². The molecule has 136 valence electrons. The minimum absolute atomic E-state index is 0.0780. The number of esters is 1. The Bertz CT molecular complexity index is 803. The van der Waals surface area contributed by atoms with E-state index in [9.17, 15) is 4.79 Å². The molecule has 0 spiro atoms. The van der Waals surface area contributed by atoms with Crippen molar-refractivity contribution in [1.82, 2.24) is 0 Å². The van der Waals surface area contributed by atoms with Crippen molar-refractivity contribution in [1.29, 1.82) is 0 Å². The molecule has 1 fully saturated rings. The van der Waals surface area contributed by atoms with Gasteiger partial charge in [0.2, 0.25) is 6.29 Å². The Morgan fingerprint density at radius 1 is 1.19 bits per heavy atom. The highest BCUT2D eigenvalue weighted by atomic mass is 16.7. The number of methoxy groups -OCH3 is 2. The van der Waals surface area contributed by atoms with E-state index in [1.165, 1.54) is 7.11 Å². The van der Waals surface area contributed by atoms with Gasteiger partial charge in [-0.1, -0.05) is 30.3 Å². The van der Waals surface area contributed by atoms with Crippen LogP contribution in [0.2, 0.25) is 0 Å². The van der Waals surface area contributed by atoms with E-state index in [0.29, 0.717) is 30.3 Å². The molecular formula is C20H20O6. The molecule has 0 saturated carbocycles. The summed E-state index contributed by atoms with van der Waals surface area (Å²) in [4.78, 5) is 11.8. The lowest BCUT2D eigenvalue weighted by Crippen LogP contribution is -2.24. The number of carbonyl (C=O) groups is 1. The van der Waals surface area contributed by atoms with Crippen molar-refractivity contribution in [3.63, 3.8) is 0 Å². The molecule has 0 N–H and O–H groups in total. The Balaban J connectivity index is 1.61. The third kappa shape index (κ3) is 2.97. The predicted molar refractivity (Wildman–Crippen MR) is 92.4 cm³/mol. The number of fused-ring (bicyclic) bond motifs is 3. The second-order valence-corrected chi connectivity index (χ2v) is 6.29. The largest absolute Gasteiger partial charge is 0.496 e. The summed E-state index contributed by atoms with van der Waals surface area (Å²) in [6, 6.07) is 13.6. The van der Waals surface area contributed by atoms with E-state index in [-0.39, 0.29) is 11.9 Å². The van der Waals surface area contributed by atoms with Gasteiger partial charge in [0.15, 0.2) is 6.10 Å². The van der Waals surface area contributed by atoms with E-state index in [2.05, 4.69) is 0 Å². The van der Waals surface area contributed by atoms with Crippen LogP contribution >= 0.6 is 0 Å². The summed E-state index contributed by atoms with van der Waals surface area (Å²) >= 11 is 0. The number of rotatable bonds is 5. The topological polar surface area (TPSA) is 63.2 Å². The van der Waals surface area contributed by atoms with Crippen molar-refractivity contribution >= 4 is 5.97 Å². The molecule has 3 atom stereocenters. The van der Waals surface area contributed by atoms with Gasteiger partial charge < -0.3 is 23.7 Å². The number of hydrogen-bond donors (Lipinski definition) is 0. The highest BCUT2D eigenvalue weighted by Gasteiger charge is 2.48. The first kappa shape index (κ1) is 16.7. The molecule has 2 aliphatic heterocycles. The fourth-order valence-corrected chi connectivity index (χ4v) is 3.44. The van der Waals surface area contributed by atoms with Gasteiger partial charge in [0.05, 0.1) is 20.1 Å². The van der Waals surface area contributed by atoms with Crippen LogP contribution in [0.1, 0.15) is 23.5 Å². The van der Waals surface area contributed by atoms with E-state index in [4.69, 9.17) is 23.7 Å². The van der Waals surface area contributed by atoms with Crippen LogP contribution in [0, 0.1) is 0 Å². The van der Waals surface area contributed by atoms with Gasteiger partial charge in [-0.2, -0.15) is 0 Å². The quantitative estimate of drug-likeness (QED) is 0.768. The number of hydrogen-bond acceptors (Lipinski definition) is 6. The van der Waals surface area contributed by atoms with E-state index in [1.54, 1.807) is 7.11 Å². The number of ether oxygens (including phenoxy) is 5. The van der Waals surface area contributed by atoms with E-state index in [1.807, 2.05) is 42.5 Å². The summed E-state index contributed by atoms with van der Waals surface area (Å²) in [5, 5.41) is 0. The van der Waals surface area contributed by atoms with Crippen LogP contribution in [0.5, 0.6) is 17.2 Å². The zero-order valence-electron chi connectivity index (χ0n) is 14.6. The Morgan fingerprint density at radius 2 is 2.00 bits per heavy atom. The Morgan fingerprint density at radius 3 is 2.73 bits per heavy atom. The van der Waals surface area contributed by atoms with Crippen LogP contribution in [0.4, 0.5) is 0 Å². The first-order chi connectivity index (χ1) is 12.7. The summed E-state index contributed by atoms with van der Waals surface area (Å²) < 4.78 is 27.8. The van der Waals surface area contributed by atoms with Crippen molar-refractivity contribution in [2.45, 2.75) is 31.3 Å². The summed E-state index contributed by atoms with van der Waals surface area (Å²) in [5.41, 5.74) is 1.98. The van der Waals surface area contributed by atoms with Crippen LogP contribution in [-0.4, -0.2) is 32.6 Å². The zero-order chi connectivity index (χ0) is 18.1. The Labute approximate surface area is 151 Å². The SMILES string of the molecule is COC(=O)[C@@H]1C[C@@H]2c3c(OCc4ccccc4)cc(OC)cc3O[C@@H]2O1. The highest BCUT2D eigenvalue weighted by molar-refractivity contribution is 5.75. The zero-order valence-corrected chi connectivity index (χ0v) is 14.6. The van der Waals surface area contributed by atoms with Crippen LogP contribution < -0.4 is 14.2 Å². The average Bonchev–Trinajstić information content (AvgIpc) is 3.23. The monoisotopic (exact) mass is 356 g/mol. The molecule has 4 rings (SSSR count). The van der Waals surface area contributed by atoms with Gasteiger partial charge >= 0.3 is 5.97 Å². The minimum Gasteiger partial charge on any atom is -0.496 e. The summed E-state index contributed by atoms with van der Waals surface area (Å²) in [6.07, 6.45) is -0.634. The second-order valence-electron chi connectivity index (χ2n) is 6.29. The molecule has 0 radical (unpaired) electrons. The lowest BCUT2D eigenvalue weighted by atomic mass is 9.95. The molecule has 0 amide bonds. The van der Waals surface area contributed by atoms with Gasteiger partial charge in [-0.15, -0.1) is 0 Å². The second kappa shape index (κ2) is 6.88. The van der Waals surface area contributed by atoms with Gasteiger partial charge in [-0.05, 0) is 12.0 Å². The lowest BCUT2D eigenvalue weighted by Gasteiger charge is -2.15. The summed E-state index contributed by atoms with van der Waals surface area (Å²) in [5.74, 6) is 1.54. The maximum Gasteiger partial charge on any atom is 0.335 e. The molecule has 2 aliphatic rings. The van der Waals surface area contributed by atoms with Crippen LogP contribution in [0.25, 0.3) is 0 Å². The van der Waals surface area contributed by atoms with E-state index < -0.39 is 12.4 Å². The molecule has 0 unspecified atom stereocenters. The van der Waals surface area contributed by atoms with Gasteiger partial charge in [-0.3, -0.25) is 0 Å². The average molecular weight is 356 g/mol. The molecule has 0 aromatic heterocycles. The van der Waals surface area contributed by atoms with Crippen LogP contribution in [0.15, 0.2) is 42.5 Å². The number of carbonyl (C=O) groups excluding carboxylic acids is 1. The maximum atomic E-state index is 11.8. The van der Waals surface area contributed by atoms with Gasteiger partial charge in [0, 0.05) is 17.7 Å². The number of benzene rings is 2. The first-order valence-electron chi connectivity index (χ1n) is 8.48. The molecular weight excluding hydrogens is 336 g/mol. The van der Waals surface area contributed by atoms with Gasteiger partial charge in [-0.25, -0.2) is 4.79 Å². The van der Waals surface area contributed by atoms with Crippen molar-refractivity contribution in [2.24, 2.45) is 0 Å². The minimum atomic E-state index is -0.618. The lowest BCUT2D eigenvalue weighted by molar-refractivity contribution is -0.159. The fraction of sp³-hybridized carbons (Fsp3) is 0.350. The van der Waals surface area contributed by atoms with Crippen LogP contribution in [0.3, 0.4) is 0 Å². The first-order valence-corrected chi connectivity index (χ1v) is 8.48. The van der Waals surface area contributed by atoms with Crippen molar-refractivity contribution in [2.75, 3.05) is 14.2 Å². The standard InChI is InChI=1S/C20H20O6/c1-22-13-8-15(24-11-12-6-4-3-5-7-12)18-14-10-17(19(21)23-2)26-20(14)25-16(18)9-13/h3-9,14,17,20H,10-11H2,1-2H3/t14-,17+,20-/m1/s1. The van der Waals surface area contributed by atoms with Crippen molar-refractivity contribution < 1.29 is 28.5 Å². The normalized spacial score (nSPS) is 22.9. The van der Waals surface area contributed by atoms with Gasteiger partial charge in [0.25, 0.3) is 0 Å². The predicted octanol–water partition coefficient (Wildman–Crippen LogP) is 3.04. The van der Waals surface area contributed by atoms with E-state index in [0.717, 1.165) is 11.1 Å². The molecule has 2 aromatic rings. The summed E-state index contributed by atoms with van der Waals surface area (Å²) in [6.45, 7) is 0.430. The summed E-state index contributed by atoms with van der Waals surface area (Å²) in [7, 11) is 2.95. The van der Waals surface area contributed by atoms with Crippen LogP contribution in [-0.2, 0) is 20.9 Å². The van der Waals surface area contributed by atoms with E-state index >= 15 is 0 Å². The Kier molecular flexibility index (Phi) is 4.42. The fourth-order valence-electron chi connectivity index (χ4n) is 3.44. The molecule has 2 heterocycles. The Hall–Kier alpha value is -2.73. The third-order valence-corrected chi connectivity index (χ3v) is 4.72. The molecule has 0 bridgehead atoms.